The molecule has 11 heteroatoms. The summed E-state index contributed by atoms with van der Waals surface area (Å²) < 4.78 is 50.6. The van der Waals surface area contributed by atoms with Gasteiger partial charge in [-0.3, -0.25) is 0 Å². The molecule has 2 aliphatic heterocycles. The van der Waals surface area contributed by atoms with Crippen LogP contribution < -0.4 is 15.0 Å². The van der Waals surface area contributed by atoms with Crippen LogP contribution in [0.5, 0.6) is 5.88 Å². The molecule has 0 amide bonds. The van der Waals surface area contributed by atoms with Crippen molar-refractivity contribution in [1.29, 1.82) is 0 Å². The van der Waals surface area contributed by atoms with E-state index in [0.29, 0.717) is 5.56 Å². The standard InChI is InChI=1S/C22H26F3N3O5/c23-22(24,25)16-2-1-3-17(27-16)33-21-19(31)18(30)15(12-29)32-20(21)13-4-6-14(7-5-13)28-10-8-26-9-11-28/h1-7,15,18-21,26,29-31H,8-12H2/t15-,18+,19+,20-,21-/m1/s1. The Hall–Kier alpha value is -2.44. The number of aliphatic hydroxyl groups excluding tert-OH is 3. The Balaban J connectivity index is 1.60. The molecule has 2 fully saturated rings. The van der Waals surface area contributed by atoms with Crippen LogP contribution in [-0.4, -0.2) is 77.5 Å². The van der Waals surface area contributed by atoms with E-state index in [1.807, 2.05) is 12.1 Å². The summed E-state index contributed by atoms with van der Waals surface area (Å²) >= 11 is 0. The van der Waals surface area contributed by atoms with Gasteiger partial charge in [0.1, 0.15) is 30.1 Å². The Morgan fingerprint density at radius 2 is 1.76 bits per heavy atom. The number of halogens is 3. The highest BCUT2D eigenvalue weighted by atomic mass is 19.4. The Morgan fingerprint density at radius 3 is 2.39 bits per heavy atom. The van der Waals surface area contributed by atoms with E-state index < -0.39 is 49.0 Å². The van der Waals surface area contributed by atoms with Gasteiger partial charge in [0, 0.05) is 37.9 Å². The number of anilines is 1. The number of benzene rings is 1. The van der Waals surface area contributed by atoms with Crippen molar-refractivity contribution in [3.8, 4) is 5.88 Å². The van der Waals surface area contributed by atoms with Crippen LogP contribution in [0.2, 0.25) is 0 Å². The molecular formula is C22H26F3N3O5. The Bertz CT molecular complexity index is 924. The molecule has 4 N–H and O–H groups in total. The number of pyridine rings is 1. The van der Waals surface area contributed by atoms with E-state index in [-0.39, 0.29) is 5.88 Å². The highest BCUT2D eigenvalue weighted by Crippen LogP contribution is 2.36. The topological polar surface area (TPSA) is 107 Å². The molecule has 0 saturated carbocycles. The number of nitrogens with zero attached hydrogens (tertiary/aromatic N) is 2. The van der Waals surface area contributed by atoms with Crippen LogP contribution in [0.4, 0.5) is 18.9 Å². The average molecular weight is 469 g/mol. The van der Waals surface area contributed by atoms with Crippen molar-refractivity contribution in [3.05, 3.63) is 53.7 Å². The lowest BCUT2D eigenvalue weighted by atomic mass is 9.91. The SMILES string of the molecule is OC[C@H]1O[C@H](c2ccc(N3CCNCC3)cc2)[C@H](Oc2cccc(C(F)(F)F)n2)[C@@H](O)[C@H]1O. The summed E-state index contributed by atoms with van der Waals surface area (Å²) in [7, 11) is 0. The van der Waals surface area contributed by atoms with Gasteiger partial charge in [0.15, 0.2) is 6.10 Å². The lowest BCUT2D eigenvalue weighted by molar-refractivity contribution is -0.226. The molecule has 8 nitrogen and oxygen atoms in total. The van der Waals surface area contributed by atoms with E-state index in [2.05, 4.69) is 15.2 Å². The molecule has 0 aliphatic carbocycles. The molecule has 1 aromatic heterocycles. The first-order valence-corrected chi connectivity index (χ1v) is 10.7. The fourth-order valence-corrected chi connectivity index (χ4v) is 4.07. The molecule has 0 bridgehead atoms. The number of aliphatic hydroxyl groups is 3. The molecule has 33 heavy (non-hydrogen) atoms. The molecule has 0 radical (unpaired) electrons. The summed E-state index contributed by atoms with van der Waals surface area (Å²) in [6.07, 6.45) is -11.0. The maximum atomic E-state index is 13.0. The van der Waals surface area contributed by atoms with E-state index >= 15 is 0 Å². The van der Waals surface area contributed by atoms with Crippen molar-refractivity contribution < 1.29 is 38.0 Å². The number of rotatable bonds is 5. The first-order chi connectivity index (χ1) is 15.8. The van der Waals surface area contributed by atoms with Gasteiger partial charge in [-0.25, -0.2) is 4.98 Å². The predicted octanol–water partition coefficient (Wildman–Crippen LogP) is 1.11. The summed E-state index contributed by atoms with van der Waals surface area (Å²) in [4.78, 5) is 5.69. The molecule has 0 spiro atoms. The zero-order valence-electron chi connectivity index (χ0n) is 17.7. The molecule has 2 saturated heterocycles. The van der Waals surface area contributed by atoms with Crippen LogP contribution in [0.15, 0.2) is 42.5 Å². The Labute approximate surface area is 188 Å². The molecule has 5 atom stereocenters. The summed E-state index contributed by atoms with van der Waals surface area (Å²) in [5.74, 6) is -0.366. The average Bonchev–Trinajstić information content (AvgIpc) is 2.83. The van der Waals surface area contributed by atoms with Gasteiger partial charge in [-0.2, -0.15) is 13.2 Å². The zero-order valence-corrected chi connectivity index (χ0v) is 17.7. The second-order valence-electron chi connectivity index (χ2n) is 8.03. The van der Waals surface area contributed by atoms with Gasteiger partial charge in [0.05, 0.1) is 6.61 Å². The second-order valence-corrected chi connectivity index (χ2v) is 8.03. The van der Waals surface area contributed by atoms with Gasteiger partial charge in [-0.1, -0.05) is 18.2 Å². The Morgan fingerprint density at radius 1 is 1.06 bits per heavy atom. The summed E-state index contributed by atoms with van der Waals surface area (Å²) in [5.41, 5.74) is 0.430. The molecule has 180 valence electrons. The molecular weight excluding hydrogens is 443 g/mol. The second kappa shape index (κ2) is 9.82. The number of aromatic nitrogens is 1. The summed E-state index contributed by atoms with van der Waals surface area (Å²) in [6, 6.07) is 10.5. The van der Waals surface area contributed by atoms with Gasteiger partial charge in [-0.05, 0) is 23.8 Å². The third kappa shape index (κ3) is 5.22. The fraction of sp³-hybridized carbons (Fsp3) is 0.500. The van der Waals surface area contributed by atoms with Crippen molar-refractivity contribution in [2.75, 3.05) is 37.7 Å². The van der Waals surface area contributed by atoms with Gasteiger partial charge < -0.3 is 35.0 Å². The first-order valence-electron chi connectivity index (χ1n) is 10.7. The van der Waals surface area contributed by atoms with Crippen molar-refractivity contribution in [2.24, 2.45) is 0 Å². The number of nitrogens with one attached hydrogen (secondary N) is 1. The summed E-state index contributed by atoms with van der Waals surface area (Å²) in [5, 5.41) is 33.9. The maximum Gasteiger partial charge on any atom is 0.433 e. The highest BCUT2D eigenvalue weighted by Gasteiger charge is 2.46. The van der Waals surface area contributed by atoms with Gasteiger partial charge >= 0.3 is 6.18 Å². The van der Waals surface area contributed by atoms with E-state index in [4.69, 9.17) is 9.47 Å². The highest BCUT2D eigenvalue weighted by molar-refractivity contribution is 5.48. The number of piperazine rings is 1. The van der Waals surface area contributed by atoms with Crippen LogP contribution in [0.3, 0.4) is 0 Å². The minimum absolute atomic E-state index is 0.366. The van der Waals surface area contributed by atoms with Crippen LogP contribution >= 0.6 is 0 Å². The lowest BCUT2D eigenvalue weighted by Gasteiger charge is -2.42. The first kappa shape index (κ1) is 23.7. The lowest BCUT2D eigenvalue weighted by Crippen LogP contribution is -2.57. The van der Waals surface area contributed by atoms with Crippen molar-refractivity contribution in [3.63, 3.8) is 0 Å². The smallest absolute Gasteiger partial charge is 0.433 e. The minimum atomic E-state index is -4.66. The van der Waals surface area contributed by atoms with Crippen molar-refractivity contribution in [2.45, 2.75) is 36.7 Å². The molecule has 1 aromatic carbocycles. The van der Waals surface area contributed by atoms with Crippen molar-refractivity contribution >= 4 is 5.69 Å². The largest absolute Gasteiger partial charge is 0.468 e. The number of ether oxygens (including phenoxy) is 2. The van der Waals surface area contributed by atoms with Crippen LogP contribution in [-0.2, 0) is 10.9 Å². The van der Waals surface area contributed by atoms with Gasteiger partial charge in [0.2, 0.25) is 5.88 Å². The van der Waals surface area contributed by atoms with Crippen LogP contribution in [0.25, 0.3) is 0 Å². The zero-order chi connectivity index (χ0) is 23.6. The minimum Gasteiger partial charge on any atom is -0.468 e. The van der Waals surface area contributed by atoms with E-state index in [1.54, 1.807) is 12.1 Å². The maximum absolute atomic E-state index is 13.0. The van der Waals surface area contributed by atoms with Gasteiger partial charge in [-0.15, -0.1) is 0 Å². The third-order valence-electron chi connectivity index (χ3n) is 5.84. The van der Waals surface area contributed by atoms with E-state index in [9.17, 15) is 28.5 Å². The molecule has 2 aliphatic rings. The van der Waals surface area contributed by atoms with Crippen molar-refractivity contribution in [1.82, 2.24) is 10.3 Å². The normalized spacial score (nSPS) is 28.5. The quantitative estimate of drug-likeness (QED) is 0.516. The van der Waals surface area contributed by atoms with Crippen LogP contribution in [0.1, 0.15) is 17.4 Å². The predicted molar refractivity (Wildman–Crippen MR) is 112 cm³/mol. The number of hydrogen-bond acceptors (Lipinski definition) is 8. The monoisotopic (exact) mass is 469 g/mol. The van der Waals surface area contributed by atoms with E-state index in [1.165, 1.54) is 6.07 Å². The molecule has 4 rings (SSSR count). The fourth-order valence-electron chi connectivity index (χ4n) is 4.07. The molecule has 3 heterocycles. The third-order valence-corrected chi connectivity index (χ3v) is 5.84. The Kier molecular flexibility index (Phi) is 7.05. The van der Waals surface area contributed by atoms with Gasteiger partial charge in [0.25, 0.3) is 0 Å². The van der Waals surface area contributed by atoms with E-state index in [0.717, 1.165) is 44.0 Å². The number of hydrogen-bond donors (Lipinski definition) is 4. The molecule has 0 unspecified atom stereocenters. The summed E-state index contributed by atoms with van der Waals surface area (Å²) in [6.45, 7) is 2.89. The van der Waals surface area contributed by atoms with Crippen LogP contribution in [0, 0.1) is 0 Å². The molecule has 2 aromatic rings. The number of alkyl halides is 3.